The lowest BCUT2D eigenvalue weighted by atomic mass is 10.1. The number of carbonyl (C=O) groups excluding carboxylic acids is 2. The molecule has 6 heteroatoms. The normalized spacial score (nSPS) is 15.4. The number of unbranched alkanes of at least 4 members (excludes halogenated alkanes) is 4. The van der Waals surface area contributed by atoms with Crippen molar-refractivity contribution in [3.05, 3.63) is 57.8 Å². The summed E-state index contributed by atoms with van der Waals surface area (Å²) < 4.78 is 5.81. The van der Waals surface area contributed by atoms with Crippen molar-refractivity contribution in [2.24, 2.45) is 0 Å². The summed E-state index contributed by atoms with van der Waals surface area (Å²) in [5.74, 6) is 0.0706. The van der Waals surface area contributed by atoms with Gasteiger partial charge in [-0.3, -0.25) is 9.59 Å². The van der Waals surface area contributed by atoms with Gasteiger partial charge >= 0.3 is 0 Å². The molecule has 2 aromatic rings. The van der Waals surface area contributed by atoms with E-state index < -0.39 is 0 Å². The van der Waals surface area contributed by atoms with Gasteiger partial charge in [-0.15, -0.1) is 11.3 Å². The molecule has 1 aromatic heterocycles. The number of rotatable bonds is 14. The molecule has 0 saturated carbocycles. The maximum absolute atomic E-state index is 13.6. The maximum Gasteiger partial charge on any atom is 0.242 e. The van der Waals surface area contributed by atoms with E-state index in [9.17, 15) is 9.59 Å². The van der Waals surface area contributed by atoms with Crippen molar-refractivity contribution in [3.63, 3.8) is 0 Å². The highest BCUT2D eigenvalue weighted by atomic mass is 32.1. The molecule has 34 heavy (non-hydrogen) atoms. The Morgan fingerprint density at radius 1 is 1.00 bits per heavy atom. The molecule has 2 amide bonds. The number of thiophene rings is 1. The number of aryl methyl sites for hydroxylation is 1. The van der Waals surface area contributed by atoms with E-state index in [2.05, 4.69) is 25.3 Å². The number of benzene rings is 1. The van der Waals surface area contributed by atoms with Crippen molar-refractivity contribution in [1.29, 1.82) is 0 Å². The summed E-state index contributed by atoms with van der Waals surface area (Å²) in [6.45, 7) is 6.76. The number of ether oxygens (including phenoxy) is 1. The number of hydrogen-bond donors (Lipinski definition) is 0. The highest BCUT2D eigenvalue weighted by Gasteiger charge is 2.26. The maximum atomic E-state index is 13.6. The lowest BCUT2D eigenvalue weighted by Gasteiger charge is -2.29. The lowest BCUT2D eigenvalue weighted by Crippen LogP contribution is -2.45. The molecule has 1 atom stereocenters. The van der Waals surface area contributed by atoms with Crippen molar-refractivity contribution >= 4 is 23.2 Å². The average Bonchev–Trinajstić information content (AvgIpc) is 3.50. The quantitative estimate of drug-likeness (QED) is 0.311. The predicted octanol–water partition coefficient (Wildman–Crippen LogP) is 5.95. The third-order valence-electron chi connectivity index (χ3n) is 6.49. The van der Waals surface area contributed by atoms with Crippen LogP contribution < -0.4 is 0 Å². The van der Waals surface area contributed by atoms with E-state index in [4.69, 9.17) is 4.74 Å². The van der Waals surface area contributed by atoms with E-state index in [1.807, 2.05) is 35.2 Å². The van der Waals surface area contributed by atoms with E-state index in [0.29, 0.717) is 26.1 Å². The highest BCUT2D eigenvalue weighted by molar-refractivity contribution is 7.10. The van der Waals surface area contributed by atoms with Crippen LogP contribution in [0.1, 0.15) is 74.3 Å². The van der Waals surface area contributed by atoms with Gasteiger partial charge in [-0.1, -0.05) is 62.9 Å². The topological polar surface area (TPSA) is 49.9 Å². The minimum Gasteiger partial charge on any atom is -0.376 e. The van der Waals surface area contributed by atoms with Gasteiger partial charge in [-0.2, -0.15) is 0 Å². The molecule has 0 radical (unpaired) electrons. The monoisotopic (exact) mass is 484 g/mol. The van der Waals surface area contributed by atoms with Crippen LogP contribution in [0, 0.1) is 6.92 Å². The van der Waals surface area contributed by atoms with Crippen LogP contribution in [0.3, 0.4) is 0 Å². The molecule has 1 fully saturated rings. The van der Waals surface area contributed by atoms with Crippen LogP contribution in [-0.4, -0.2) is 47.4 Å². The Balaban J connectivity index is 1.68. The van der Waals surface area contributed by atoms with Gasteiger partial charge in [0.25, 0.3) is 0 Å². The Bertz CT molecular complexity index is 877. The standard InChI is InChI=1S/C28H40N2O3S/c1-3-4-5-6-10-15-27(31)30(20-25-14-11-17-33-25)22-28(32)29(19-24-12-8-7-9-13-24)21-26-23(2)16-18-34-26/h7-9,12-13,16,18,25H,3-6,10-11,14-15,17,19-22H2,1-2H3. The molecule has 1 saturated heterocycles. The van der Waals surface area contributed by atoms with E-state index in [-0.39, 0.29) is 24.5 Å². The van der Waals surface area contributed by atoms with Gasteiger partial charge in [-0.05, 0) is 48.8 Å². The Morgan fingerprint density at radius 2 is 1.79 bits per heavy atom. The zero-order valence-electron chi connectivity index (χ0n) is 20.8. The fourth-order valence-corrected chi connectivity index (χ4v) is 5.29. The van der Waals surface area contributed by atoms with Crippen LogP contribution in [-0.2, 0) is 27.4 Å². The third kappa shape index (κ3) is 8.55. The second-order valence-corrected chi connectivity index (χ2v) is 10.3. The molecule has 1 aliphatic rings. The van der Waals surface area contributed by atoms with Crippen LogP contribution in [0.15, 0.2) is 41.8 Å². The molecule has 1 aromatic carbocycles. The van der Waals surface area contributed by atoms with E-state index >= 15 is 0 Å². The zero-order chi connectivity index (χ0) is 24.2. The van der Waals surface area contributed by atoms with Gasteiger partial charge < -0.3 is 14.5 Å². The fourth-order valence-electron chi connectivity index (χ4n) is 4.37. The highest BCUT2D eigenvalue weighted by Crippen LogP contribution is 2.21. The van der Waals surface area contributed by atoms with Crippen molar-refractivity contribution in [3.8, 4) is 0 Å². The molecular formula is C28H40N2O3S. The lowest BCUT2D eigenvalue weighted by molar-refractivity contribution is -0.142. The molecule has 0 spiro atoms. The molecule has 0 bridgehead atoms. The van der Waals surface area contributed by atoms with Crippen molar-refractivity contribution in [2.45, 2.75) is 84.4 Å². The van der Waals surface area contributed by atoms with Crippen molar-refractivity contribution in [1.82, 2.24) is 9.80 Å². The SMILES string of the molecule is CCCCCCCC(=O)N(CC(=O)N(Cc1ccccc1)Cc1sccc1C)CC1CCCO1. The number of amides is 2. The predicted molar refractivity (Wildman–Crippen MR) is 139 cm³/mol. The molecule has 0 N–H and O–H groups in total. The number of nitrogens with zero attached hydrogens (tertiary/aromatic N) is 2. The summed E-state index contributed by atoms with van der Waals surface area (Å²) in [6, 6.07) is 12.2. The molecule has 5 nitrogen and oxygen atoms in total. The first-order valence-corrected chi connectivity index (χ1v) is 13.7. The average molecular weight is 485 g/mol. The zero-order valence-corrected chi connectivity index (χ0v) is 21.7. The minimum atomic E-state index is -0.00557. The molecule has 1 unspecified atom stereocenters. The molecular weight excluding hydrogens is 444 g/mol. The van der Waals surface area contributed by atoms with E-state index in [1.54, 1.807) is 16.2 Å². The smallest absolute Gasteiger partial charge is 0.242 e. The van der Waals surface area contributed by atoms with Gasteiger partial charge in [0.15, 0.2) is 0 Å². The number of carbonyl (C=O) groups is 2. The second-order valence-electron chi connectivity index (χ2n) is 9.34. The summed E-state index contributed by atoms with van der Waals surface area (Å²) in [5.41, 5.74) is 2.30. The molecule has 2 heterocycles. The molecule has 3 rings (SSSR count). The first-order chi connectivity index (χ1) is 16.6. The first kappa shape index (κ1) is 26.4. The summed E-state index contributed by atoms with van der Waals surface area (Å²) in [7, 11) is 0. The minimum absolute atomic E-state index is 0.00557. The first-order valence-electron chi connectivity index (χ1n) is 12.8. The Hall–Kier alpha value is -2.18. The summed E-state index contributed by atoms with van der Waals surface area (Å²) >= 11 is 1.68. The summed E-state index contributed by atoms with van der Waals surface area (Å²) in [5, 5.41) is 2.07. The largest absolute Gasteiger partial charge is 0.376 e. The van der Waals surface area contributed by atoms with E-state index in [0.717, 1.165) is 37.9 Å². The van der Waals surface area contributed by atoms with Gasteiger partial charge in [0, 0.05) is 31.0 Å². The molecule has 0 aliphatic carbocycles. The van der Waals surface area contributed by atoms with Crippen LogP contribution in [0.4, 0.5) is 0 Å². The van der Waals surface area contributed by atoms with Crippen molar-refractivity contribution < 1.29 is 14.3 Å². The Labute approximate surface area is 209 Å². The van der Waals surface area contributed by atoms with Gasteiger partial charge in [0.2, 0.25) is 11.8 Å². The van der Waals surface area contributed by atoms with Crippen LogP contribution in [0.25, 0.3) is 0 Å². The van der Waals surface area contributed by atoms with Gasteiger partial charge in [-0.25, -0.2) is 0 Å². The van der Waals surface area contributed by atoms with E-state index in [1.165, 1.54) is 29.7 Å². The summed E-state index contributed by atoms with van der Waals surface area (Å²) in [4.78, 5) is 31.6. The molecule has 186 valence electrons. The third-order valence-corrected chi connectivity index (χ3v) is 7.50. The fraction of sp³-hybridized carbons (Fsp3) is 0.571. The Kier molecular flexibility index (Phi) is 11.1. The summed E-state index contributed by atoms with van der Waals surface area (Å²) in [6.07, 6.45) is 8.05. The van der Waals surface area contributed by atoms with Crippen LogP contribution in [0.2, 0.25) is 0 Å². The van der Waals surface area contributed by atoms with Crippen LogP contribution in [0.5, 0.6) is 0 Å². The van der Waals surface area contributed by atoms with Gasteiger partial charge in [0.05, 0.1) is 19.2 Å². The van der Waals surface area contributed by atoms with Crippen molar-refractivity contribution in [2.75, 3.05) is 19.7 Å². The Morgan fingerprint density at radius 3 is 2.47 bits per heavy atom. The molecule has 1 aliphatic heterocycles. The van der Waals surface area contributed by atoms with Gasteiger partial charge in [0.1, 0.15) is 0 Å². The number of hydrogen-bond acceptors (Lipinski definition) is 4. The second kappa shape index (κ2) is 14.3. The van der Waals surface area contributed by atoms with Crippen LogP contribution >= 0.6 is 11.3 Å².